The molecule has 0 saturated carbocycles. The van der Waals surface area contributed by atoms with Crippen molar-refractivity contribution in [1.29, 1.82) is 0 Å². The summed E-state index contributed by atoms with van der Waals surface area (Å²) in [6, 6.07) is 14.0. The lowest BCUT2D eigenvalue weighted by atomic mass is 10.1. The summed E-state index contributed by atoms with van der Waals surface area (Å²) in [5.74, 6) is 0.330. The molecule has 7 heteroatoms. The zero-order valence-corrected chi connectivity index (χ0v) is 13.7. The Hall–Kier alpha value is -3.74. The van der Waals surface area contributed by atoms with Gasteiger partial charge in [0.15, 0.2) is 5.82 Å². The molecule has 0 fully saturated rings. The second-order valence-electron chi connectivity index (χ2n) is 5.71. The number of benzene rings is 1. The van der Waals surface area contributed by atoms with Gasteiger partial charge in [-0.05, 0) is 18.2 Å². The van der Waals surface area contributed by atoms with Crippen molar-refractivity contribution in [2.45, 2.75) is 6.54 Å². The van der Waals surface area contributed by atoms with Crippen molar-refractivity contribution in [1.82, 2.24) is 25.1 Å². The summed E-state index contributed by atoms with van der Waals surface area (Å²) < 4.78 is 1.64. The Morgan fingerprint density at radius 2 is 2.00 bits per heavy atom. The predicted molar refractivity (Wildman–Crippen MR) is 97.1 cm³/mol. The van der Waals surface area contributed by atoms with Gasteiger partial charge < -0.3 is 10.3 Å². The molecule has 1 aromatic carbocycles. The maximum absolute atomic E-state index is 12.7. The van der Waals surface area contributed by atoms with Crippen LogP contribution < -0.4 is 10.9 Å². The number of nitrogens with one attached hydrogen (secondary N) is 2. The highest BCUT2D eigenvalue weighted by atomic mass is 16.2. The molecule has 0 aliphatic carbocycles. The van der Waals surface area contributed by atoms with E-state index in [-0.39, 0.29) is 18.0 Å². The van der Waals surface area contributed by atoms with Gasteiger partial charge in [-0.2, -0.15) is 5.10 Å². The molecule has 4 rings (SSSR count). The lowest BCUT2D eigenvalue weighted by molar-refractivity contribution is 0.0952. The van der Waals surface area contributed by atoms with E-state index < -0.39 is 0 Å². The molecule has 0 spiro atoms. The Morgan fingerprint density at radius 3 is 2.85 bits per heavy atom. The molecular formula is C19H15N5O2. The molecule has 3 heterocycles. The fraction of sp³-hybridized carbons (Fsp3) is 0.0526. The third-order valence-corrected chi connectivity index (χ3v) is 4.02. The first-order valence-corrected chi connectivity index (χ1v) is 8.06. The third-order valence-electron chi connectivity index (χ3n) is 4.02. The van der Waals surface area contributed by atoms with E-state index >= 15 is 0 Å². The first kappa shape index (κ1) is 15.8. The summed E-state index contributed by atoms with van der Waals surface area (Å²) in [7, 11) is 0. The highest BCUT2D eigenvalue weighted by Crippen LogP contribution is 2.15. The van der Waals surface area contributed by atoms with E-state index in [0.29, 0.717) is 22.3 Å². The molecule has 0 unspecified atom stereocenters. The van der Waals surface area contributed by atoms with Crippen molar-refractivity contribution in [2.24, 2.45) is 0 Å². The molecule has 0 radical (unpaired) electrons. The summed E-state index contributed by atoms with van der Waals surface area (Å²) in [5.41, 5.74) is 1.48. The number of H-pyrrole nitrogens is 1. The minimum atomic E-state index is -0.317. The van der Waals surface area contributed by atoms with Gasteiger partial charge in [-0.1, -0.05) is 24.3 Å². The molecule has 0 aliphatic heterocycles. The first-order chi connectivity index (χ1) is 12.7. The summed E-state index contributed by atoms with van der Waals surface area (Å²) in [5, 5.41) is 7.74. The van der Waals surface area contributed by atoms with Crippen LogP contribution in [0.2, 0.25) is 0 Å². The second kappa shape index (κ2) is 6.64. The SMILES string of the molecule is O=C(NCc1cccnc1-n1cccn1)c1cc(=O)[nH]c2ccccc12. The van der Waals surface area contributed by atoms with Crippen LogP contribution in [0.15, 0.2) is 71.9 Å². The molecule has 0 bridgehead atoms. The van der Waals surface area contributed by atoms with Crippen LogP contribution in [0.3, 0.4) is 0 Å². The van der Waals surface area contributed by atoms with Crippen molar-refractivity contribution in [3.8, 4) is 5.82 Å². The van der Waals surface area contributed by atoms with E-state index in [0.717, 1.165) is 5.56 Å². The van der Waals surface area contributed by atoms with E-state index in [9.17, 15) is 9.59 Å². The van der Waals surface area contributed by atoms with Crippen molar-refractivity contribution in [2.75, 3.05) is 0 Å². The topological polar surface area (TPSA) is 92.7 Å². The van der Waals surface area contributed by atoms with Crippen molar-refractivity contribution < 1.29 is 4.79 Å². The maximum Gasteiger partial charge on any atom is 0.252 e. The molecule has 3 aromatic heterocycles. The van der Waals surface area contributed by atoms with Crippen LogP contribution in [0, 0.1) is 0 Å². The van der Waals surface area contributed by atoms with Crippen molar-refractivity contribution in [3.63, 3.8) is 0 Å². The number of para-hydroxylation sites is 1. The number of hydrogen-bond acceptors (Lipinski definition) is 4. The number of fused-ring (bicyclic) bond motifs is 1. The molecule has 7 nitrogen and oxygen atoms in total. The summed E-state index contributed by atoms with van der Waals surface area (Å²) >= 11 is 0. The molecule has 0 aliphatic rings. The predicted octanol–water partition coefficient (Wildman–Crippen LogP) is 2.04. The quantitative estimate of drug-likeness (QED) is 0.592. The molecule has 0 atom stereocenters. The largest absolute Gasteiger partial charge is 0.348 e. The molecule has 4 aromatic rings. The number of carbonyl (C=O) groups is 1. The zero-order chi connectivity index (χ0) is 17.9. The van der Waals surface area contributed by atoms with Crippen LogP contribution in [0.1, 0.15) is 15.9 Å². The summed E-state index contributed by atoms with van der Waals surface area (Å²) in [6.45, 7) is 0.267. The Kier molecular flexibility index (Phi) is 4.03. The Balaban J connectivity index is 1.62. The van der Waals surface area contributed by atoms with E-state index in [1.54, 1.807) is 47.5 Å². The average Bonchev–Trinajstić information content (AvgIpc) is 3.20. The van der Waals surface area contributed by atoms with E-state index in [1.165, 1.54) is 6.07 Å². The highest BCUT2D eigenvalue weighted by molar-refractivity contribution is 6.05. The van der Waals surface area contributed by atoms with Crippen LogP contribution in [-0.4, -0.2) is 25.7 Å². The van der Waals surface area contributed by atoms with Crippen LogP contribution >= 0.6 is 0 Å². The first-order valence-electron chi connectivity index (χ1n) is 8.06. The van der Waals surface area contributed by atoms with Gasteiger partial charge >= 0.3 is 0 Å². The van der Waals surface area contributed by atoms with E-state index in [4.69, 9.17) is 0 Å². The fourth-order valence-electron chi connectivity index (χ4n) is 2.83. The number of amides is 1. The third kappa shape index (κ3) is 2.98. The van der Waals surface area contributed by atoms with E-state index in [1.807, 2.05) is 18.2 Å². The number of aromatic nitrogens is 4. The minimum Gasteiger partial charge on any atom is -0.348 e. The average molecular weight is 345 g/mol. The van der Waals surface area contributed by atoms with Crippen LogP contribution in [0.5, 0.6) is 0 Å². The van der Waals surface area contributed by atoms with Crippen LogP contribution in [0.25, 0.3) is 16.7 Å². The standard InChI is InChI=1S/C19H15N5O2/c25-17-11-15(14-6-1-2-7-16(14)23-17)19(26)21-12-13-5-3-8-20-18(13)24-10-4-9-22-24/h1-11H,12H2,(H,21,26)(H,23,25). The minimum absolute atomic E-state index is 0.267. The van der Waals surface area contributed by atoms with Gasteiger partial charge in [-0.25, -0.2) is 9.67 Å². The molecule has 26 heavy (non-hydrogen) atoms. The number of carbonyl (C=O) groups excluding carboxylic acids is 1. The molecule has 128 valence electrons. The maximum atomic E-state index is 12.7. The van der Waals surface area contributed by atoms with Gasteiger partial charge in [0.1, 0.15) is 0 Å². The Morgan fingerprint density at radius 1 is 1.12 bits per heavy atom. The lowest BCUT2D eigenvalue weighted by Gasteiger charge is -2.11. The normalized spacial score (nSPS) is 10.8. The molecule has 0 saturated heterocycles. The van der Waals surface area contributed by atoms with Crippen LogP contribution in [0.4, 0.5) is 0 Å². The van der Waals surface area contributed by atoms with Crippen molar-refractivity contribution >= 4 is 16.8 Å². The van der Waals surface area contributed by atoms with Gasteiger partial charge in [-0.3, -0.25) is 9.59 Å². The van der Waals surface area contributed by atoms with Gasteiger partial charge in [0.05, 0.1) is 5.56 Å². The number of aromatic amines is 1. The van der Waals surface area contributed by atoms with Gasteiger partial charge in [-0.15, -0.1) is 0 Å². The smallest absolute Gasteiger partial charge is 0.252 e. The second-order valence-corrected chi connectivity index (χ2v) is 5.71. The van der Waals surface area contributed by atoms with Crippen molar-refractivity contribution in [3.05, 3.63) is 88.6 Å². The van der Waals surface area contributed by atoms with Crippen LogP contribution in [-0.2, 0) is 6.54 Å². The van der Waals surface area contributed by atoms with Gasteiger partial charge in [0.2, 0.25) is 5.56 Å². The molecular weight excluding hydrogens is 330 g/mol. The summed E-state index contributed by atoms with van der Waals surface area (Å²) in [4.78, 5) is 31.6. The van der Waals surface area contributed by atoms with E-state index in [2.05, 4.69) is 20.4 Å². The lowest BCUT2D eigenvalue weighted by Crippen LogP contribution is -2.25. The van der Waals surface area contributed by atoms with Gasteiger partial charge in [0.25, 0.3) is 5.91 Å². The Labute approximate surface area is 148 Å². The number of nitrogens with zero attached hydrogens (tertiary/aromatic N) is 3. The fourth-order valence-corrected chi connectivity index (χ4v) is 2.83. The molecule has 1 amide bonds. The van der Waals surface area contributed by atoms with Gasteiger partial charge in [0, 0.05) is 47.7 Å². The number of pyridine rings is 2. The highest BCUT2D eigenvalue weighted by Gasteiger charge is 2.13. The molecule has 2 N–H and O–H groups in total. The zero-order valence-electron chi connectivity index (χ0n) is 13.7. The number of rotatable bonds is 4. The summed E-state index contributed by atoms with van der Waals surface area (Å²) in [6.07, 6.45) is 5.13. The number of hydrogen-bond donors (Lipinski definition) is 2. The monoisotopic (exact) mass is 345 g/mol. The Bertz CT molecular complexity index is 1130.